The fourth-order valence-electron chi connectivity index (χ4n) is 3.04. The molecule has 1 saturated heterocycles. The lowest BCUT2D eigenvalue weighted by atomic mass is 10.1. The number of benzene rings is 2. The predicted octanol–water partition coefficient (Wildman–Crippen LogP) is 2.51. The summed E-state index contributed by atoms with van der Waals surface area (Å²) < 4.78 is 24.8. The minimum Gasteiger partial charge on any atom is -0.488 e. The van der Waals surface area contributed by atoms with Crippen LogP contribution in [0.25, 0.3) is 0 Å². The Bertz CT molecular complexity index is 652. The van der Waals surface area contributed by atoms with E-state index in [-0.39, 0.29) is 17.7 Å². The minimum atomic E-state index is -0.423. The lowest BCUT2D eigenvalue weighted by Gasteiger charge is -2.34. The number of ether oxygens (including phenoxy) is 2. The van der Waals surface area contributed by atoms with E-state index in [0.717, 1.165) is 12.1 Å². The van der Waals surface area contributed by atoms with Crippen molar-refractivity contribution in [2.75, 3.05) is 32.8 Å². The van der Waals surface area contributed by atoms with Gasteiger partial charge in [0.2, 0.25) is 0 Å². The quantitative estimate of drug-likeness (QED) is 0.837. The van der Waals surface area contributed by atoms with E-state index in [9.17, 15) is 9.50 Å². The SMILES string of the molecule is OC(Cc1ccccc1)CN1CCOC(COc2ccccc2F)C1. The molecule has 2 aromatic carbocycles. The Morgan fingerprint density at radius 1 is 1.16 bits per heavy atom. The fraction of sp³-hybridized carbons (Fsp3) is 0.400. The Kier molecular flexibility index (Phi) is 6.39. The third-order valence-electron chi connectivity index (χ3n) is 4.27. The normalized spacial score (nSPS) is 19.5. The second-order valence-electron chi connectivity index (χ2n) is 6.34. The van der Waals surface area contributed by atoms with E-state index in [0.29, 0.717) is 32.7 Å². The molecule has 4 nitrogen and oxygen atoms in total. The van der Waals surface area contributed by atoms with Crippen LogP contribution in [0.1, 0.15) is 5.56 Å². The Morgan fingerprint density at radius 3 is 2.72 bits per heavy atom. The maximum absolute atomic E-state index is 13.6. The average Bonchev–Trinajstić information content (AvgIpc) is 2.62. The summed E-state index contributed by atoms with van der Waals surface area (Å²) in [6.07, 6.45) is 0.0834. The topological polar surface area (TPSA) is 41.9 Å². The molecule has 0 spiro atoms. The van der Waals surface area contributed by atoms with Crippen LogP contribution in [0.3, 0.4) is 0 Å². The molecule has 1 heterocycles. The number of halogens is 1. The van der Waals surface area contributed by atoms with Gasteiger partial charge >= 0.3 is 0 Å². The molecule has 1 fully saturated rings. The largest absolute Gasteiger partial charge is 0.488 e. The zero-order valence-corrected chi connectivity index (χ0v) is 14.2. The van der Waals surface area contributed by atoms with Crippen molar-refractivity contribution >= 4 is 0 Å². The van der Waals surface area contributed by atoms with E-state index in [1.165, 1.54) is 6.07 Å². The number of β-amino-alcohol motifs (C(OH)–C–C–N with tert-alkyl or cyclic N) is 1. The van der Waals surface area contributed by atoms with Crippen LogP contribution in [-0.2, 0) is 11.2 Å². The molecule has 0 bridgehead atoms. The van der Waals surface area contributed by atoms with Crippen molar-refractivity contribution in [1.29, 1.82) is 0 Å². The zero-order chi connectivity index (χ0) is 17.5. The average molecular weight is 345 g/mol. The molecule has 25 heavy (non-hydrogen) atoms. The molecule has 1 aliphatic heterocycles. The summed E-state index contributed by atoms with van der Waals surface area (Å²) in [7, 11) is 0. The monoisotopic (exact) mass is 345 g/mol. The second kappa shape index (κ2) is 8.94. The highest BCUT2D eigenvalue weighted by Gasteiger charge is 2.23. The van der Waals surface area contributed by atoms with Crippen LogP contribution >= 0.6 is 0 Å². The third kappa shape index (κ3) is 5.53. The van der Waals surface area contributed by atoms with E-state index in [4.69, 9.17) is 9.47 Å². The molecule has 1 aliphatic rings. The zero-order valence-electron chi connectivity index (χ0n) is 14.2. The molecule has 1 N–H and O–H groups in total. The van der Waals surface area contributed by atoms with Crippen LogP contribution in [0.5, 0.6) is 5.75 Å². The molecule has 0 aromatic heterocycles. The van der Waals surface area contributed by atoms with Gasteiger partial charge in [-0.25, -0.2) is 4.39 Å². The van der Waals surface area contributed by atoms with E-state index in [1.807, 2.05) is 30.3 Å². The fourth-order valence-corrected chi connectivity index (χ4v) is 3.04. The van der Waals surface area contributed by atoms with Gasteiger partial charge < -0.3 is 14.6 Å². The van der Waals surface area contributed by atoms with Crippen LogP contribution in [-0.4, -0.2) is 55.1 Å². The maximum atomic E-state index is 13.6. The van der Waals surface area contributed by atoms with Crippen LogP contribution in [0.2, 0.25) is 0 Å². The van der Waals surface area contributed by atoms with Gasteiger partial charge in [-0.1, -0.05) is 42.5 Å². The molecule has 0 amide bonds. The van der Waals surface area contributed by atoms with Gasteiger partial charge in [-0.05, 0) is 24.1 Å². The lowest BCUT2D eigenvalue weighted by molar-refractivity contribution is -0.0575. The van der Waals surface area contributed by atoms with Crippen molar-refractivity contribution in [3.63, 3.8) is 0 Å². The summed E-state index contributed by atoms with van der Waals surface area (Å²) in [6, 6.07) is 16.3. The highest BCUT2D eigenvalue weighted by molar-refractivity contribution is 5.23. The first-order chi connectivity index (χ1) is 12.2. The number of hydrogen-bond acceptors (Lipinski definition) is 4. The Balaban J connectivity index is 1.45. The molecule has 2 aromatic rings. The maximum Gasteiger partial charge on any atom is 0.165 e. The number of hydrogen-bond donors (Lipinski definition) is 1. The van der Waals surface area contributed by atoms with Crippen LogP contribution < -0.4 is 4.74 Å². The Hall–Kier alpha value is -1.95. The molecule has 5 heteroatoms. The van der Waals surface area contributed by atoms with E-state index >= 15 is 0 Å². The Labute approximate surface area is 147 Å². The highest BCUT2D eigenvalue weighted by atomic mass is 19.1. The molecule has 0 radical (unpaired) electrons. The number of rotatable bonds is 7. The number of nitrogens with zero attached hydrogens (tertiary/aromatic N) is 1. The smallest absolute Gasteiger partial charge is 0.165 e. The first kappa shape index (κ1) is 17.9. The predicted molar refractivity (Wildman–Crippen MR) is 94.2 cm³/mol. The molecule has 134 valence electrons. The second-order valence-corrected chi connectivity index (χ2v) is 6.34. The van der Waals surface area contributed by atoms with E-state index in [1.54, 1.807) is 18.2 Å². The van der Waals surface area contributed by atoms with E-state index in [2.05, 4.69) is 4.90 Å². The molecule has 0 aliphatic carbocycles. The summed E-state index contributed by atoms with van der Waals surface area (Å²) in [5.74, 6) is -0.124. The number of para-hydroxylation sites is 1. The van der Waals surface area contributed by atoms with Crippen molar-refractivity contribution in [3.05, 3.63) is 66.0 Å². The molecular formula is C20H24FNO3. The van der Waals surface area contributed by atoms with Gasteiger partial charge in [-0.2, -0.15) is 0 Å². The summed E-state index contributed by atoms with van der Waals surface area (Å²) in [6.45, 7) is 2.92. The van der Waals surface area contributed by atoms with Gasteiger partial charge in [0.15, 0.2) is 11.6 Å². The molecule has 3 rings (SSSR count). The summed E-state index contributed by atoms with van der Waals surface area (Å²) in [5.41, 5.74) is 1.13. The van der Waals surface area contributed by atoms with Crippen molar-refractivity contribution < 1.29 is 19.0 Å². The molecule has 0 saturated carbocycles. The van der Waals surface area contributed by atoms with Crippen molar-refractivity contribution in [2.45, 2.75) is 18.6 Å². The molecule has 2 atom stereocenters. The summed E-state index contributed by atoms with van der Waals surface area (Å²) in [4.78, 5) is 2.17. The van der Waals surface area contributed by atoms with Crippen molar-refractivity contribution in [3.8, 4) is 5.75 Å². The van der Waals surface area contributed by atoms with Gasteiger partial charge in [0, 0.05) is 19.6 Å². The summed E-state index contributed by atoms with van der Waals surface area (Å²) >= 11 is 0. The molecular weight excluding hydrogens is 321 g/mol. The minimum absolute atomic E-state index is 0.128. The number of morpholine rings is 1. The van der Waals surface area contributed by atoms with Gasteiger partial charge in [-0.3, -0.25) is 4.90 Å². The third-order valence-corrected chi connectivity index (χ3v) is 4.27. The summed E-state index contributed by atoms with van der Waals surface area (Å²) in [5, 5.41) is 10.3. The number of aliphatic hydroxyl groups is 1. The first-order valence-electron chi connectivity index (χ1n) is 8.64. The van der Waals surface area contributed by atoms with Crippen LogP contribution in [0.4, 0.5) is 4.39 Å². The van der Waals surface area contributed by atoms with Gasteiger partial charge in [0.1, 0.15) is 12.7 Å². The van der Waals surface area contributed by atoms with Gasteiger partial charge in [0.25, 0.3) is 0 Å². The van der Waals surface area contributed by atoms with Gasteiger partial charge in [0.05, 0.1) is 12.7 Å². The molecule has 2 unspecified atom stereocenters. The highest BCUT2D eigenvalue weighted by Crippen LogP contribution is 2.17. The van der Waals surface area contributed by atoms with Crippen LogP contribution in [0, 0.1) is 5.82 Å². The van der Waals surface area contributed by atoms with Crippen LogP contribution in [0.15, 0.2) is 54.6 Å². The Morgan fingerprint density at radius 2 is 1.92 bits per heavy atom. The standard InChI is InChI=1S/C20H24FNO3/c21-19-8-4-5-9-20(19)25-15-18-14-22(10-11-24-18)13-17(23)12-16-6-2-1-3-7-16/h1-9,17-18,23H,10-15H2. The van der Waals surface area contributed by atoms with Crippen molar-refractivity contribution in [1.82, 2.24) is 4.90 Å². The van der Waals surface area contributed by atoms with E-state index < -0.39 is 6.10 Å². The first-order valence-corrected chi connectivity index (χ1v) is 8.64. The van der Waals surface area contributed by atoms with Gasteiger partial charge in [-0.15, -0.1) is 0 Å². The lowest BCUT2D eigenvalue weighted by Crippen LogP contribution is -2.47. The van der Waals surface area contributed by atoms with Crippen molar-refractivity contribution in [2.24, 2.45) is 0 Å². The number of aliphatic hydroxyl groups excluding tert-OH is 1.